The number of hydrogen-bond acceptors (Lipinski definition) is 5. The fourth-order valence-electron chi connectivity index (χ4n) is 2.26. The molecule has 3 aromatic rings. The molecule has 0 unspecified atom stereocenters. The average Bonchev–Trinajstić information content (AvgIpc) is 3.19. The summed E-state index contributed by atoms with van der Waals surface area (Å²) in [6.07, 6.45) is 1.44. The number of ether oxygens (including phenoxy) is 1. The summed E-state index contributed by atoms with van der Waals surface area (Å²) in [5, 5.41) is 10.5. The highest BCUT2D eigenvalue weighted by atomic mass is 19.1. The third-order valence-corrected chi connectivity index (χ3v) is 3.67. The summed E-state index contributed by atoms with van der Waals surface area (Å²) in [5.74, 6) is -1.25. The first-order valence-electron chi connectivity index (χ1n) is 7.90. The van der Waals surface area contributed by atoms with Crippen molar-refractivity contribution in [2.45, 2.75) is 0 Å². The summed E-state index contributed by atoms with van der Waals surface area (Å²) in [7, 11) is 1.31. The zero-order chi connectivity index (χ0) is 19.2. The first-order chi connectivity index (χ1) is 13.1. The maximum absolute atomic E-state index is 13.0. The first-order valence-corrected chi connectivity index (χ1v) is 7.90. The topological polar surface area (TPSA) is 96.4 Å². The van der Waals surface area contributed by atoms with Crippen molar-refractivity contribution in [3.05, 3.63) is 77.2 Å². The van der Waals surface area contributed by atoms with Crippen LogP contribution in [0.4, 0.5) is 4.39 Å². The van der Waals surface area contributed by atoms with Crippen LogP contribution in [0.3, 0.4) is 0 Å². The second-order valence-corrected chi connectivity index (χ2v) is 5.49. The van der Waals surface area contributed by atoms with Gasteiger partial charge in [0.15, 0.2) is 0 Å². The molecule has 0 aliphatic rings. The third-order valence-electron chi connectivity index (χ3n) is 3.67. The Hall–Kier alpha value is -3.81. The number of benzene rings is 2. The molecule has 1 aromatic heterocycles. The summed E-state index contributed by atoms with van der Waals surface area (Å²) in [6, 6.07) is 13.9. The fraction of sp³-hybridized carbons (Fsp3) is 0.0526. The molecule has 0 aliphatic heterocycles. The first kappa shape index (κ1) is 18.0. The summed E-state index contributed by atoms with van der Waals surface area (Å²) >= 11 is 0. The van der Waals surface area contributed by atoms with Crippen molar-refractivity contribution in [1.82, 2.24) is 15.6 Å². The molecular weight excluding hydrogens is 351 g/mol. The number of nitrogens with zero attached hydrogens (tertiary/aromatic N) is 2. The minimum absolute atomic E-state index is 0.215. The van der Waals surface area contributed by atoms with Crippen molar-refractivity contribution in [3.8, 4) is 11.3 Å². The summed E-state index contributed by atoms with van der Waals surface area (Å²) in [5.41, 5.74) is 4.91. The Labute approximate surface area is 153 Å². The van der Waals surface area contributed by atoms with E-state index < -0.39 is 11.9 Å². The lowest BCUT2D eigenvalue weighted by Gasteiger charge is -1.99. The number of aromatic nitrogens is 2. The van der Waals surface area contributed by atoms with Crippen LogP contribution >= 0.6 is 0 Å². The number of rotatable bonds is 5. The van der Waals surface area contributed by atoms with Crippen LogP contribution in [0.2, 0.25) is 0 Å². The zero-order valence-corrected chi connectivity index (χ0v) is 14.3. The number of halogens is 1. The molecule has 0 saturated carbocycles. The maximum Gasteiger partial charge on any atom is 0.337 e. The normalized spacial score (nSPS) is 10.7. The van der Waals surface area contributed by atoms with Crippen LogP contribution in [0.25, 0.3) is 11.3 Å². The van der Waals surface area contributed by atoms with Crippen molar-refractivity contribution in [1.29, 1.82) is 0 Å². The highest BCUT2D eigenvalue weighted by Gasteiger charge is 2.10. The summed E-state index contributed by atoms with van der Waals surface area (Å²) in [4.78, 5) is 23.5. The Morgan fingerprint density at radius 3 is 2.52 bits per heavy atom. The number of methoxy groups -OCH3 is 1. The fourth-order valence-corrected chi connectivity index (χ4v) is 2.26. The Kier molecular flexibility index (Phi) is 5.36. The number of aromatic amines is 1. The van der Waals surface area contributed by atoms with Gasteiger partial charge in [0.2, 0.25) is 0 Å². The van der Waals surface area contributed by atoms with Crippen molar-refractivity contribution < 1.29 is 18.7 Å². The number of esters is 1. The van der Waals surface area contributed by atoms with Crippen LogP contribution in [0.15, 0.2) is 59.7 Å². The van der Waals surface area contributed by atoms with Gasteiger partial charge in [-0.2, -0.15) is 10.2 Å². The van der Waals surface area contributed by atoms with Gasteiger partial charge in [-0.15, -0.1) is 0 Å². The van der Waals surface area contributed by atoms with E-state index in [0.29, 0.717) is 22.4 Å². The molecular formula is C19H15FN4O3. The van der Waals surface area contributed by atoms with Gasteiger partial charge in [-0.1, -0.05) is 12.1 Å². The van der Waals surface area contributed by atoms with Gasteiger partial charge in [0.1, 0.15) is 11.5 Å². The van der Waals surface area contributed by atoms with Gasteiger partial charge < -0.3 is 4.74 Å². The summed E-state index contributed by atoms with van der Waals surface area (Å²) in [6.45, 7) is 0. The highest BCUT2D eigenvalue weighted by molar-refractivity contribution is 5.94. The predicted octanol–water partition coefficient (Wildman–Crippen LogP) is 2.77. The number of amides is 1. The van der Waals surface area contributed by atoms with E-state index in [1.54, 1.807) is 42.5 Å². The predicted molar refractivity (Wildman–Crippen MR) is 96.8 cm³/mol. The van der Waals surface area contributed by atoms with Gasteiger partial charge in [-0.3, -0.25) is 9.89 Å². The van der Waals surface area contributed by atoms with E-state index in [9.17, 15) is 14.0 Å². The van der Waals surface area contributed by atoms with E-state index >= 15 is 0 Å². The summed E-state index contributed by atoms with van der Waals surface area (Å²) < 4.78 is 17.6. The smallest absolute Gasteiger partial charge is 0.337 e. The molecule has 0 fully saturated rings. The lowest BCUT2D eigenvalue weighted by Crippen LogP contribution is -2.18. The molecule has 0 bridgehead atoms. The molecule has 0 spiro atoms. The number of nitrogens with one attached hydrogen (secondary N) is 2. The number of carbonyl (C=O) groups is 2. The van der Waals surface area contributed by atoms with Crippen LogP contribution in [0, 0.1) is 5.82 Å². The van der Waals surface area contributed by atoms with Gasteiger partial charge in [0.25, 0.3) is 5.91 Å². The van der Waals surface area contributed by atoms with Crippen LogP contribution in [0.1, 0.15) is 26.4 Å². The molecule has 0 radical (unpaired) electrons. The molecule has 8 heteroatoms. The van der Waals surface area contributed by atoms with Crippen molar-refractivity contribution in [2.24, 2.45) is 5.10 Å². The highest BCUT2D eigenvalue weighted by Crippen LogP contribution is 2.17. The number of carbonyl (C=O) groups excluding carboxylic acids is 2. The Bertz CT molecular complexity index is 979. The number of hydrazone groups is 1. The van der Waals surface area contributed by atoms with E-state index in [4.69, 9.17) is 0 Å². The molecule has 0 atom stereocenters. The zero-order valence-electron chi connectivity index (χ0n) is 14.3. The molecule has 136 valence electrons. The maximum atomic E-state index is 13.0. The van der Waals surface area contributed by atoms with E-state index in [0.717, 1.165) is 0 Å². The Morgan fingerprint density at radius 1 is 1.15 bits per heavy atom. The SMILES string of the molecule is COC(=O)c1ccc(/C=N\NC(=O)c2cc(-c3ccc(F)cc3)n[nH]2)cc1. The van der Waals surface area contributed by atoms with E-state index in [-0.39, 0.29) is 11.5 Å². The standard InChI is InChI=1S/C19H15FN4O3/c1-27-19(26)14-4-2-12(3-5-14)11-21-24-18(25)17-10-16(22-23-17)13-6-8-15(20)9-7-13/h2-11H,1H3,(H,22,23)(H,24,25)/b21-11-. The van der Waals surface area contributed by atoms with Gasteiger partial charge in [-0.25, -0.2) is 14.6 Å². The molecule has 2 N–H and O–H groups in total. The van der Waals surface area contributed by atoms with Crippen molar-refractivity contribution >= 4 is 18.1 Å². The second kappa shape index (κ2) is 8.05. The Morgan fingerprint density at radius 2 is 1.85 bits per heavy atom. The van der Waals surface area contributed by atoms with Crippen LogP contribution in [-0.4, -0.2) is 35.4 Å². The van der Waals surface area contributed by atoms with Crippen molar-refractivity contribution in [3.63, 3.8) is 0 Å². The lowest BCUT2D eigenvalue weighted by molar-refractivity contribution is 0.0600. The molecule has 7 nitrogen and oxygen atoms in total. The van der Waals surface area contributed by atoms with Crippen LogP contribution < -0.4 is 5.43 Å². The number of hydrogen-bond donors (Lipinski definition) is 2. The van der Waals surface area contributed by atoms with Crippen molar-refractivity contribution in [2.75, 3.05) is 7.11 Å². The molecule has 27 heavy (non-hydrogen) atoms. The van der Waals surface area contributed by atoms with E-state index in [2.05, 4.69) is 25.5 Å². The second-order valence-electron chi connectivity index (χ2n) is 5.49. The van der Waals surface area contributed by atoms with Gasteiger partial charge in [0, 0.05) is 5.56 Å². The molecule has 2 aromatic carbocycles. The lowest BCUT2D eigenvalue weighted by atomic mass is 10.1. The molecule has 3 rings (SSSR count). The average molecular weight is 366 g/mol. The molecule has 0 saturated heterocycles. The minimum atomic E-state index is -0.474. The van der Waals surface area contributed by atoms with E-state index in [1.165, 1.54) is 25.5 Å². The molecule has 1 amide bonds. The third kappa shape index (κ3) is 4.43. The van der Waals surface area contributed by atoms with Crippen LogP contribution in [-0.2, 0) is 4.74 Å². The van der Waals surface area contributed by atoms with Crippen LogP contribution in [0.5, 0.6) is 0 Å². The van der Waals surface area contributed by atoms with Gasteiger partial charge >= 0.3 is 5.97 Å². The quantitative estimate of drug-likeness (QED) is 0.412. The monoisotopic (exact) mass is 366 g/mol. The largest absolute Gasteiger partial charge is 0.465 e. The van der Waals surface area contributed by atoms with Gasteiger partial charge in [0.05, 0.1) is 24.6 Å². The number of H-pyrrole nitrogens is 1. The Balaban J connectivity index is 1.61. The molecule has 0 aliphatic carbocycles. The minimum Gasteiger partial charge on any atom is -0.465 e. The van der Waals surface area contributed by atoms with E-state index in [1.807, 2.05) is 0 Å². The van der Waals surface area contributed by atoms with Gasteiger partial charge in [-0.05, 0) is 48.0 Å². The molecule has 1 heterocycles.